The summed E-state index contributed by atoms with van der Waals surface area (Å²) < 4.78 is 19.0. The van der Waals surface area contributed by atoms with Crippen LogP contribution < -0.4 is 10.1 Å². The zero-order valence-corrected chi connectivity index (χ0v) is 15.8. The SMILES string of the molecule is CN(C)CCOc1ccc(CN2CCNC(=O)C2c2ccc(F)cc2)cc1. The van der Waals surface area contributed by atoms with Crippen LogP contribution in [0.2, 0.25) is 0 Å². The first-order valence-electron chi connectivity index (χ1n) is 9.16. The molecule has 1 amide bonds. The summed E-state index contributed by atoms with van der Waals surface area (Å²) in [5.74, 6) is 0.495. The van der Waals surface area contributed by atoms with Crippen molar-refractivity contribution in [3.05, 3.63) is 65.5 Å². The second-order valence-corrected chi connectivity index (χ2v) is 7.01. The predicted molar refractivity (Wildman–Crippen MR) is 103 cm³/mol. The van der Waals surface area contributed by atoms with Crippen LogP contribution in [-0.2, 0) is 11.3 Å². The zero-order valence-electron chi connectivity index (χ0n) is 15.8. The highest BCUT2D eigenvalue weighted by Gasteiger charge is 2.31. The third kappa shape index (κ3) is 5.28. The van der Waals surface area contributed by atoms with E-state index in [1.807, 2.05) is 38.4 Å². The molecule has 1 unspecified atom stereocenters. The Balaban J connectivity index is 1.67. The average Bonchev–Trinajstić information content (AvgIpc) is 2.64. The molecule has 2 aromatic rings. The van der Waals surface area contributed by atoms with E-state index in [9.17, 15) is 9.18 Å². The molecule has 0 radical (unpaired) electrons. The van der Waals surface area contributed by atoms with E-state index in [1.165, 1.54) is 12.1 Å². The Kier molecular flexibility index (Phi) is 6.42. The number of halogens is 1. The zero-order chi connectivity index (χ0) is 19.2. The Labute approximate surface area is 159 Å². The molecule has 0 bridgehead atoms. The van der Waals surface area contributed by atoms with Crippen molar-refractivity contribution in [2.45, 2.75) is 12.6 Å². The molecule has 0 saturated carbocycles. The molecular formula is C21H26FN3O2. The third-order valence-electron chi connectivity index (χ3n) is 4.61. The van der Waals surface area contributed by atoms with Gasteiger partial charge in [-0.05, 0) is 49.5 Å². The van der Waals surface area contributed by atoms with Crippen molar-refractivity contribution in [1.82, 2.24) is 15.1 Å². The lowest BCUT2D eigenvalue weighted by atomic mass is 10.0. The van der Waals surface area contributed by atoms with Crippen molar-refractivity contribution in [2.75, 3.05) is 40.3 Å². The van der Waals surface area contributed by atoms with Crippen molar-refractivity contribution >= 4 is 5.91 Å². The Hall–Kier alpha value is -2.44. The highest BCUT2D eigenvalue weighted by molar-refractivity contribution is 5.83. The number of nitrogens with zero attached hydrogens (tertiary/aromatic N) is 2. The summed E-state index contributed by atoms with van der Waals surface area (Å²) in [7, 11) is 4.03. The monoisotopic (exact) mass is 371 g/mol. The van der Waals surface area contributed by atoms with Gasteiger partial charge in [-0.2, -0.15) is 0 Å². The van der Waals surface area contributed by atoms with Crippen LogP contribution in [-0.4, -0.2) is 56.0 Å². The van der Waals surface area contributed by atoms with Crippen LogP contribution >= 0.6 is 0 Å². The smallest absolute Gasteiger partial charge is 0.242 e. The summed E-state index contributed by atoms with van der Waals surface area (Å²) in [5.41, 5.74) is 1.91. The summed E-state index contributed by atoms with van der Waals surface area (Å²) in [5, 5.41) is 2.90. The number of benzene rings is 2. The number of nitrogens with one attached hydrogen (secondary N) is 1. The minimum Gasteiger partial charge on any atom is -0.492 e. The second kappa shape index (κ2) is 8.97. The minimum atomic E-state index is -0.407. The van der Waals surface area contributed by atoms with Crippen LogP contribution in [0.1, 0.15) is 17.2 Å². The van der Waals surface area contributed by atoms with E-state index in [4.69, 9.17) is 4.74 Å². The first-order chi connectivity index (χ1) is 13.0. The number of ether oxygens (including phenoxy) is 1. The summed E-state index contributed by atoms with van der Waals surface area (Å²) >= 11 is 0. The highest BCUT2D eigenvalue weighted by Crippen LogP contribution is 2.26. The molecule has 5 nitrogen and oxygen atoms in total. The fraction of sp³-hybridized carbons (Fsp3) is 0.381. The highest BCUT2D eigenvalue weighted by atomic mass is 19.1. The third-order valence-corrected chi connectivity index (χ3v) is 4.61. The van der Waals surface area contributed by atoms with Crippen molar-refractivity contribution in [1.29, 1.82) is 0 Å². The molecule has 1 aliphatic rings. The van der Waals surface area contributed by atoms with E-state index < -0.39 is 6.04 Å². The van der Waals surface area contributed by atoms with Gasteiger partial charge < -0.3 is 15.0 Å². The molecule has 1 aliphatic heterocycles. The van der Waals surface area contributed by atoms with E-state index in [-0.39, 0.29) is 11.7 Å². The second-order valence-electron chi connectivity index (χ2n) is 7.01. The van der Waals surface area contributed by atoms with Gasteiger partial charge in [0, 0.05) is 26.2 Å². The van der Waals surface area contributed by atoms with Crippen LogP contribution in [0.25, 0.3) is 0 Å². The van der Waals surface area contributed by atoms with Crippen molar-refractivity contribution in [3.63, 3.8) is 0 Å². The Morgan fingerprint density at radius 1 is 1.15 bits per heavy atom. The molecule has 1 saturated heterocycles. The van der Waals surface area contributed by atoms with Gasteiger partial charge in [0.25, 0.3) is 0 Å². The standard InChI is InChI=1S/C21H26FN3O2/c1-24(2)13-14-27-19-9-3-16(4-10-19)15-25-12-11-23-21(26)20(25)17-5-7-18(22)8-6-17/h3-10,20H,11-15H2,1-2H3,(H,23,26). The van der Waals surface area contributed by atoms with E-state index in [1.54, 1.807) is 12.1 Å². The maximum atomic E-state index is 13.2. The number of carbonyl (C=O) groups excluding carboxylic acids is 1. The molecule has 1 heterocycles. The van der Waals surface area contributed by atoms with Crippen LogP contribution in [0.4, 0.5) is 4.39 Å². The van der Waals surface area contributed by atoms with Crippen molar-refractivity contribution in [2.24, 2.45) is 0 Å². The van der Waals surface area contributed by atoms with Gasteiger partial charge in [0.2, 0.25) is 5.91 Å². The van der Waals surface area contributed by atoms with E-state index in [0.29, 0.717) is 19.7 Å². The van der Waals surface area contributed by atoms with E-state index in [2.05, 4.69) is 15.1 Å². The molecule has 0 aromatic heterocycles. The lowest BCUT2D eigenvalue weighted by Gasteiger charge is -2.35. The number of hydrogen-bond donors (Lipinski definition) is 1. The number of piperazine rings is 1. The molecule has 0 spiro atoms. The van der Waals surface area contributed by atoms with Crippen molar-refractivity contribution < 1.29 is 13.9 Å². The number of hydrogen-bond acceptors (Lipinski definition) is 4. The fourth-order valence-corrected chi connectivity index (χ4v) is 3.16. The molecule has 1 atom stereocenters. The van der Waals surface area contributed by atoms with E-state index in [0.717, 1.165) is 30.0 Å². The number of rotatable bonds is 7. The molecule has 2 aromatic carbocycles. The van der Waals surface area contributed by atoms with Crippen LogP contribution in [0.3, 0.4) is 0 Å². The van der Waals surface area contributed by atoms with Gasteiger partial charge >= 0.3 is 0 Å². The Bertz CT molecular complexity index is 747. The normalized spacial score (nSPS) is 17.8. The number of likely N-dealkylation sites (N-methyl/N-ethyl adjacent to an activating group) is 1. The Morgan fingerprint density at radius 3 is 2.52 bits per heavy atom. The fourth-order valence-electron chi connectivity index (χ4n) is 3.16. The quantitative estimate of drug-likeness (QED) is 0.812. The van der Waals surface area contributed by atoms with Gasteiger partial charge in [-0.15, -0.1) is 0 Å². The largest absolute Gasteiger partial charge is 0.492 e. The van der Waals surface area contributed by atoms with E-state index >= 15 is 0 Å². The summed E-state index contributed by atoms with van der Waals surface area (Å²) in [6.07, 6.45) is 0. The van der Waals surface area contributed by atoms with Crippen molar-refractivity contribution in [3.8, 4) is 5.75 Å². The molecule has 1 fully saturated rings. The average molecular weight is 371 g/mol. The van der Waals surface area contributed by atoms with Gasteiger partial charge in [0.15, 0.2) is 0 Å². The van der Waals surface area contributed by atoms with Gasteiger partial charge in [0.05, 0.1) is 0 Å². The van der Waals surface area contributed by atoms with Gasteiger partial charge in [-0.1, -0.05) is 24.3 Å². The van der Waals surface area contributed by atoms with Gasteiger partial charge in [0.1, 0.15) is 24.2 Å². The summed E-state index contributed by atoms with van der Waals surface area (Å²) in [6.45, 7) is 3.51. The number of carbonyl (C=O) groups is 1. The van der Waals surface area contributed by atoms with Crippen LogP contribution in [0.5, 0.6) is 5.75 Å². The van der Waals surface area contributed by atoms with Crippen LogP contribution in [0, 0.1) is 5.82 Å². The minimum absolute atomic E-state index is 0.0449. The summed E-state index contributed by atoms with van der Waals surface area (Å²) in [4.78, 5) is 16.6. The lowest BCUT2D eigenvalue weighted by molar-refractivity contribution is -0.129. The molecule has 3 rings (SSSR count). The molecule has 1 N–H and O–H groups in total. The van der Waals surface area contributed by atoms with Gasteiger partial charge in [-0.3, -0.25) is 9.69 Å². The molecule has 144 valence electrons. The van der Waals surface area contributed by atoms with Crippen LogP contribution in [0.15, 0.2) is 48.5 Å². The lowest BCUT2D eigenvalue weighted by Crippen LogP contribution is -2.49. The number of amides is 1. The predicted octanol–water partition coefficient (Wildman–Crippen LogP) is 2.44. The first-order valence-corrected chi connectivity index (χ1v) is 9.16. The molecule has 27 heavy (non-hydrogen) atoms. The molecule has 0 aliphatic carbocycles. The summed E-state index contributed by atoms with van der Waals surface area (Å²) in [6, 6.07) is 13.7. The maximum Gasteiger partial charge on any atom is 0.242 e. The van der Waals surface area contributed by atoms with Gasteiger partial charge in [-0.25, -0.2) is 4.39 Å². The topological polar surface area (TPSA) is 44.8 Å². The molecule has 6 heteroatoms. The molecular weight excluding hydrogens is 345 g/mol. The Morgan fingerprint density at radius 2 is 1.85 bits per heavy atom. The maximum absolute atomic E-state index is 13.2. The first kappa shape index (κ1) is 19.3.